The van der Waals surface area contributed by atoms with Crippen LogP contribution in [0.25, 0.3) is 0 Å². The van der Waals surface area contributed by atoms with Gasteiger partial charge in [0.15, 0.2) is 0 Å². The summed E-state index contributed by atoms with van der Waals surface area (Å²) in [5.74, 6) is -1.20. The number of rotatable bonds is 7. The fourth-order valence-corrected chi connectivity index (χ4v) is 1.47. The predicted octanol–water partition coefficient (Wildman–Crippen LogP) is 1.21. The molecule has 0 aromatic heterocycles. The first-order valence-electron chi connectivity index (χ1n) is 5.53. The van der Waals surface area contributed by atoms with Crippen LogP contribution in [0.2, 0.25) is 0 Å². The molecule has 1 saturated heterocycles. The Morgan fingerprint density at radius 1 is 1.38 bits per heavy atom. The lowest BCUT2D eigenvalue weighted by Gasteiger charge is -2.39. The van der Waals surface area contributed by atoms with Gasteiger partial charge in [-0.2, -0.15) is 0 Å². The van der Waals surface area contributed by atoms with E-state index >= 15 is 0 Å². The van der Waals surface area contributed by atoms with Gasteiger partial charge in [0, 0.05) is 12.8 Å². The minimum absolute atomic E-state index is 0.00244. The van der Waals surface area contributed by atoms with Crippen molar-refractivity contribution in [2.24, 2.45) is 5.41 Å². The third kappa shape index (κ3) is 3.81. The number of carboxylic acid groups (broad SMARTS) is 1. The summed E-state index contributed by atoms with van der Waals surface area (Å²) in [6.45, 7) is 3.72. The first kappa shape index (κ1) is 13.0. The van der Waals surface area contributed by atoms with Crippen LogP contribution >= 0.6 is 0 Å². The molecule has 0 unspecified atom stereocenters. The first-order chi connectivity index (χ1) is 7.58. The predicted molar refractivity (Wildman–Crippen MR) is 56.0 cm³/mol. The average molecular weight is 230 g/mol. The Hall–Kier alpha value is -1.10. The minimum Gasteiger partial charge on any atom is -0.481 e. The van der Waals surface area contributed by atoms with Gasteiger partial charge in [0.25, 0.3) is 0 Å². The lowest BCUT2D eigenvalue weighted by molar-refractivity contribution is -0.170. The van der Waals surface area contributed by atoms with Gasteiger partial charge >= 0.3 is 11.9 Å². The highest BCUT2D eigenvalue weighted by Crippen LogP contribution is 2.31. The van der Waals surface area contributed by atoms with E-state index in [0.717, 1.165) is 6.42 Å². The van der Waals surface area contributed by atoms with Crippen molar-refractivity contribution in [3.8, 4) is 0 Å². The summed E-state index contributed by atoms with van der Waals surface area (Å²) in [5, 5.41) is 8.40. The Bertz CT molecular complexity index is 252. The van der Waals surface area contributed by atoms with Crippen molar-refractivity contribution in [2.75, 3.05) is 19.8 Å². The summed E-state index contributed by atoms with van der Waals surface area (Å²) in [6.07, 6.45) is 1.45. The highest BCUT2D eigenvalue weighted by atomic mass is 16.5. The molecule has 1 heterocycles. The molecule has 0 radical (unpaired) electrons. The van der Waals surface area contributed by atoms with Gasteiger partial charge in [-0.05, 0) is 12.8 Å². The lowest BCUT2D eigenvalue weighted by atomic mass is 9.84. The zero-order chi connectivity index (χ0) is 12.0. The molecule has 1 N–H and O–H groups in total. The van der Waals surface area contributed by atoms with Crippen molar-refractivity contribution in [2.45, 2.75) is 32.6 Å². The molecule has 1 rings (SSSR count). The number of carbonyl (C=O) groups is 2. The lowest BCUT2D eigenvalue weighted by Crippen LogP contribution is -2.46. The van der Waals surface area contributed by atoms with E-state index in [9.17, 15) is 9.59 Å². The first-order valence-corrected chi connectivity index (χ1v) is 5.53. The molecule has 0 aromatic rings. The molecule has 0 spiro atoms. The fraction of sp³-hybridized carbons (Fsp3) is 0.818. The van der Waals surface area contributed by atoms with Gasteiger partial charge in [-0.15, -0.1) is 0 Å². The van der Waals surface area contributed by atoms with Gasteiger partial charge in [0.2, 0.25) is 0 Å². The van der Waals surface area contributed by atoms with Crippen LogP contribution in [0.5, 0.6) is 0 Å². The van der Waals surface area contributed by atoms with Crippen LogP contribution in [0.4, 0.5) is 0 Å². The number of hydrogen-bond acceptors (Lipinski definition) is 4. The quantitative estimate of drug-likeness (QED) is 0.665. The summed E-state index contributed by atoms with van der Waals surface area (Å²) >= 11 is 0. The molecule has 0 atom stereocenters. The largest absolute Gasteiger partial charge is 0.481 e. The monoisotopic (exact) mass is 230 g/mol. The van der Waals surface area contributed by atoms with Crippen LogP contribution in [-0.4, -0.2) is 36.9 Å². The van der Waals surface area contributed by atoms with E-state index in [1.807, 2.05) is 6.92 Å². The van der Waals surface area contributed by atoms with Crippen LogP contribution < -0.4 is 0 Å². The summed E-state index contributed by atoms with van der Waals surface area (Å²) in [7, 11) is 0. The molecule has 5 nitrogen and oxygen atoms in total. The molecule has 1 fully saturated rings. The number of esters is 1. The molecule has 1 aliphatic rings. The molecule has 1 aliphatic heterocycles. The van der Waals surface area contributed by atoms with Gasteiger partial charge < -0.3 is 14.6 Å². The maximum atomic E-state index is 11.3. The molecule has 0 saturated carbocycles. The molecular weight excluding hydrogens is 212 g/mol. The van der Waals surface area contributed by atoms with Gasteiger partial charge in [-0.25, -0.2) is 0 Å². The molecular formula is C11H18O5. The smallest absolute Gasteiger partial charge is 0.305 e. The normalized spacial score (nSPS) is 17.6. The Labute approximate surface area is 94.7 Å². The molecule has 16 heavy (non-hydrogen) atoms. The second-order valence-corrected chi connectivity index (χ2v) is 4.25. The highest BCUT2D eigenvalue weighted by molar-refractivity contribution is 5.71. The molecule has 0 aliphatic carbocycles. The van der Waals surface area contributed by atoms with Gasteiger partial charge in [0.1, 0.15) is 6.61 Å². The molecule has 0 amide bonds. The maximum Gasteiger partial charge on any atom is 0.305 e. The molecule has 0 aromatic carbocycles. The third-order valence-corrected chi connectivity index (χ3v) is 2.88. The van der Waals surface area contributed by atoms with Gasteiger partial charge in [-0.3, -0.25) is 9.59 Å². The van der Waals surface area contributed by atoms with E-state index in [2.05, 4.69) is 0 Å². The van der Waals surface area contributed by atoms with Crippen molar-refractivity contribution < 1.29 is 24.2 Å². The minimum atomic E-state index is -0.884. The molecule has 92 valence electrons. The van der Waals surface area contributed by atoms with Crippen LogP contribution in [0.1, 0.15) is 32.6 Å². The number of carbonyl (C=O) groups excluding carboxylic acids is 1. The van der Waals surface area contributed by atoms with Crippen molar-refractivity contribution in [3.63, 3.8) is 0 Å². The topological polar surface area (TPSA) is 72.8 Å². The van der Waals surface area contributed by atoms with E-state index in [1.165, 1.54) is 0 Å². The molecule has 0 bridgehead atoms. The van der Waals surface area contributed by atoms with E-state index in [1.54, 1.807) is 0 Å². The van der Waals surface area contributed by atoms with Crippen LogP contribution in [0.15, 0.2) is 0 Å². The number of carboxylic acids is 1. The van der Waals surface area contributed by atoms with Crippen molar-refractivity contribution in [1.29, 1.82) is 0 Å². The van der Waals surface area contributed by atoms with Crippen LogP contribution in [0.3, 0.4) is 0 Å². The average Bonchev–Trinajstić information content (AvgIpc) is 2.16. The zero-order valence-electron chi connectivity index (χ0n) is 9.53. The number of ether oxygens (including phenoxy) is 2. The summed E-state index contributed by atoms with van der Waals surface area (Å²) < 4.78 is 10.2. The standard InChI is InChI=1S/C11H18O5/c1-2-11(6-15-7-11)8-16-10(14)5-3-4-9(12)13/h2-8H2,1H3,(H,12,13). The van der Waals surface area contributed by atoms with Crippen molar-refractivity contribution in [1.82, 2.24) is 0 Å². The number of aliphatic carboxylic acids is 1. The number of hydrogen-bond donors (Lipinski definition) is 1. The fourth-order valence-electron chi connectivity index (χ4n) is 1.47. The van der Waals surface area contributed by atoms with Crippen molar-refractivity contribution in [3.05, 3.63) is 0 Å². The van der Waals surface area contributed by atoms with Crippen LogP contribution in [-0.2, 0) is 19.1 Å². The summed E-state index contributed by atoms with van der Waals surface area (Å²) in [4.78, 5) is 21.5. The summed E-state index contributed by atoms with van der Waals surface area (Å²) in [5.41, 5.74) is 0.00244. The van der Waals surface area contributed by atoms with E-state index in [-0.39, 0.29) is 24.2 Å². The zero-order valence-corrected chi connectivity index (χ0v) is 9.53. The second kappa shape index (κ2) is 5.84. The maximum absolute atomic E-state index is 11.3. The Morgan fingerprint density at radius 3 is 2.50 bits per heavy atom. The highest BCUT2D eigenvalue weighted by Gasteiger charge is 2.38. The Balaban J connectivity index is 2.12. The summed E-state index contributed by atoms with van der Waals surface area (Å²) in [6, 6.07) is 0. The second-order valence-electron chi connectivity index (χ2n) is 4.25. The third-order valence-electron chi connectivity index (χ3n) is 2.88. The van der Waals surface area contributed by atoms with Gasteiger partial charge in [0.05, 0.1) is 18.6 Å². The molecule has 5 heteroatoms. The SMILES string of the molecule is CCC1(COC(=O)CCCC(=O)O)COC1. The van der Waals surface area contributed by atoms with Crippen molar-refractivity contribution >= 4 is 11.9 Å². The van der Waals surface area contributed by atoms with E-state index < -0.39 is 5.97 Å². The van der Waals surface area contributed by atoms with Gasteiger partial charge in [-0.1, -0.05) is 6.92 Å². The Morgan fingerprint density at radius 2 is 2.06 bits per heavy atom. The van der Waals surface area contributed by atoms with E-state index in [0.29, 0.717) is 26.2 Å². The van der Waals surface area contributed by atoms with Crippen LogP contribution in [0, 0.1) is 5.41 Å². The Kier molecular flexibility index (Phi) is 4.73. The van der Waals surface area contributed by atoms with E-state index in [4.69, 9.17) is 14.6 Å².